The summed E-state index contributed by atoms with van der Waals surface area (Å²) in [7, 11) is 0. The molecule has 0 aromatic heterocycles. The van der Waals surface area contributed by atoms with Gasteiger partial charge in [0.1, 0.15) is 12.4 Å². The third kappa shape index (κ3) is 3.26. The molecule has 3 nitrogen and oxygen atoms in total. The quantitative estimate of drug-likeness (QED) is 0.920. The number of carbonyl (C=O) groups is 1. The summed E-state index contributed by atoms with van der Waals surface area (Å²) < 4.78 is 5.57. The van der Waals surface area contributed by atoms with Crippen LogP contribution in [0.25, 0.3) is 0 Å². The summed E-state index contributed by atoms with van der Waals surface area (Å²) in [4.78, 5) is 11.1. The first-order chi connectivity index (χ1) is 9.08. The number of hydrogen-bond donors (Lipinski definition) is 1. The van der Waals surface area contributed by atoms with Gasteiger partial charge in [-0.3, -0.25) is 0 Å². The molecule has 0 spiro atoms. The summed E-state index contributed by atoms with van der Waals surface area (Å²) in [6.45, 7) is 2.11. The van der Waals surface area contributed by atoms with Gasteiger partial charge in [-0.15, -0.1) is 0 Å². The normalized spacial score (nSPS) is 10.2. The molecule has 2 aromatic carbocycles. The summed E-state index contributed by atoms with van der Waals surface area (Å²) in [6, 6.07) is 12.2. The van der Waals surface area contributed by atoms with E-state index in [2.05, 4.69) is 0 Å². The Kier molecular flexibility index (Phi) is 4.07. The molecule has 0 heterocycles. The highest BCUT2D eigenvalue weighted by Gasteiger charge is 2.10. The average molecular weight is 277 g/mol. The first-order valence-corrected chi connectivity index (χ1v) is 6.16. The molecule has 0 saturated carbocycles. The number of ether oxygens (including phenoxy) is 1. The molecule has 0 saturated heterocycles. The van der Waals surface area contributed by atoms with E-state index in [4.69, 9.17) is 21.4 Å². The number of hydrogen-bond acceptors (Lipinski definition) is 2. The Morgan fingerprint density at radius 3 is 2.68 bits per heavy atom. The Morgan fingerprint density at radius 2 is 2.00 bits per heavy atom. The molecule has 0 aliphatic heterocycles. The molecule has 0 radical (unpaired) electrons. The van der Waals surface area contributed by atoms with Crippen molar-refractivity contribution in [2.24, 2.45) is 0 Å². The first kappa shape index (κ1) is 13.4. The van der Waals surface area contributed by atoms with Gasteiger partial charge in [-0.05, 0) is 30.7 Å². The minimum absolute atomic E-state index is 0.172. The molecular formula is C15H13ClO3. The maximum atomic E-state index is 11.1. The summed E-state index contributed by atoms with van der Waals surface area (Å²) >= 11 is 6.06. The lowest BCUT2D eigenvalue weighted by Gasteiger charge is -2.10. The van der Waals surface area contributed by atoms with Crippen molar-refractivity contribution in [2.45, 2.75) is 13.5 Å². The van der Waals surface area contributed by atoms with Crippen LogP contribution in [-0.4, -0.2) is 11.1 Å². The number of benzene rings is 2. The molecule has 1 N–H and O–H groups in total. The zero-order valence-electron chi connectivity index (χ0n) is 10.4. The fourth-order valence-electron chi connectivity index (χ4n) is 1.73. The molecule has 4 heteroatoms. The summed E-state index contributed by atoms with van der Waals surface area (Å²) in [5.74, 6) is -0.415. The van der Waals surface area contributed by atoms with E-state index in [-0.39, 0.29) is 12.2 Å². The van der Waals surface area contributed by atoms with E-state index in [1.54, 1.807) is 36.4 Å². The van der Waals surface area contributed by atoms with Gasteiger partial charge in [0.25, 0.3) is 0 Å². The van der Waals surface area contributed by atoms with E-state index >= 15 is 0 Å². The predicted molar refractivity (Wildman–Crippen MR) is 73.9 cm³/mol. The van der Waals surface area contributed by atoms with Crippen molar-refractivity contribution in [1.29, 1.82) is 0 Å². The largest absolute Gasteiger partial charge is 0.487 e. The van der Waals surface area contributed by atoms with Gasteiger partial charge in [0.05, 0.1) is 10.6 Å². The highest BCUT2D eigenvalue weighted by atomic mass is 35.5. The fourth-order valence-corrected chi connectivity index (χ4v) is 2.02. The summed E-state index contributed by atoms with van der Waals surface area (Å²) in [5, 5.41) is 9.59. The SMILES string of the molecule is Cc1ccc(OCc2ccccc2C(=O)O)c(Cl)c1. The van der Waals surface area contributed by atoms with Crippen molar-refractivity contribution in [3.63, 3.8) is 0 Å². The molecule has 0 fully saturated rings. The van der Waals surface area contributed by atoms with Crippen LogP contribution in [0.5, 0.6) is 5.75 Å². The van der Waals surface area contributed by atoms with Crippen LogP contribution in [0.2, 0.25) is 5.02 Å². The molecule has 0 aliphatic carbocycles. The van der Waals surface area contributed by atoms with E-state index in [0.29, 0.717) is 16.3 Å². The van der Waals surface area contributed by atoms with E-state index in [1.807, 2.05) is 13.0 Å². The molecule has 2 aromatic rings. The van der Waals surface area contributed by atoms with Crippen LogP contribution in [-0.2, 0) is 6.61 Å². The Bertz CT molecular complexity index is 608. The molecular weight excluding hydrogens is 264 g/mol. The number of carboxylic acid groups (broad SMARTS) is 1. The van der Waals surface area contributed by atoms with Gasteiger partial charge in [0, 0.05) is 5.56 Å². The second-order valence-corrected chi connectivity index (χ2v) is 4.59. The second-order valence-electron chi connectivity index (χ2n) is 4.18. The zero-order valence-corrected chi connectivity index (χ0v) is 11.1. The van der Waals surface area contributed by atoms with Crippen LogP contribution in [0.1, 0.15) is 21.5 Å². The molecule has 98 valence electrons. The third-order valence-corrected chi connectivity index (χ3v) is 3.01. The van der Waals surface area contributed by atoms with Crippen molar-refractivity contribution in [1.82, 2.24) is 0 Å². The molecule has 0 aliphatic rings. The minimum Gasteiger partial charge on any atom is -0.487 e. The van der Waals surface area contributed by atoms with Gasteiger partial charge in [0.15, 0.2) is 0 Å². The smallest absolute Gasteiger partial charge is 0.336 e. The van der Waals surface area contributed by atoms with Crippen molar-refractivity contribution < 1.29 is 14.6 Å². The number of aromatic carboxylic acids is 1. The topological polar surface area (TPSA) is 46.5 Å². The Labute approximate surface area is 116 Å². The number of aryl methyl sites for hydroxylation is 1. The summed E-state index contributed by atoms with van der Waals surface area (Å²) in [5.41, 5.74) is 1.90. The standard InChI is InChI=1S/C15H13ClO3/c1-10-6-7-14(13(16)8-10)19-9-11-4-2-3-5-12(11)15(17)18/h2-8H,9H2,1H3,(H,17,18). The molecule has 0 unspecified atom stereocenters. The number of carboxylic acids is 1. The van der Waals surface area contributed by atoms with Gasteiger partial charge >= 0.3 is 5.97 Å². The Hall–Kier alpha value is -2.00. The van der Waals surface area contributed by atoms with Crippen LogP contribution in [0, 0.1) is 6.92 Å². The van der Waals surface area contributed by atoms with Gasteiger partial charge in [-0.25, -0.2) is 4.79 Å². The lowest BCUT2D eigenvalue weighted by molar-refractivity contribution is 0.0694. The second kappa shape index (κ2) is 5.76. The Balaban J connectivity index is 2.17. The number of rotatable bonds is 4. The molecule has 0 atom stereocenters. The van der Waals surface area contributed by atoms with Crippen molar-refractivity contribution >= 4 is 17.6 Å². The minimum atomic E-state index is -0.964. The lowest BCUT2D eigenvalue weighted by atomic mass is 10.1. The van der Waals surface area contributed by atoms with Gasteiger partial charge in [-0.1, -0.05) is 35.9 Å². The average Bonchev–Trinajstić information content (AvgIpc) is 2.38. The van der Waals surface area contributed by atoms with E-state index in [1.165, 1.54) is 0 Å². The monoisotopic (exact) mass is 276 g/mol. The van der Waals surface area contributed by atoms with Gasteiger partial charge in [0.2, 0.25) is 0 Å². The van der Waals surface area contributed by atoms with Crippen LogP contribution >= 0.6 is 11.6 Å². The van der Waals surface area contributed by atoms with Crippen LogP contribution in [0.4, 0.5) is 0 Å². The number of halogens is 1. The highest BCUT2D eigenvalue weighted by Crippen LogP contribution is 2.26. The van der Waals surface area contributed by atoms with Gasteiger partial charge < -0.3 is 9.84 Å². The van der Waals surface area contributed by atoms with E-state index in [0.717, 1.165) is 5.56 Å². The summed E-state index contributed by atoms with van der Waals surface area (Å²) in [6.07, 6.45) is 0. The van der Waals surface area contributed by atoms with Gasteiger partial charge in [-0.2, -0.15) is 0 Å². The molecule has 2 rings (SSSR count). The van der Waals surface area contributed by atoms with Crippen molar-refractivity contribution in [3.05, 3.63) is 64.2 Å². The first-order valence-electron chi connectivity index (χ1n) is 5.78. The molecule has 0 bridgehead atoms. The van der Waals surface area contributed by atoms with E-state index in [9.17, 15) is 4.79 Å². The van der Waals surface area contributed by atoms with E-state index < -0.39 is 5.97 Å². The van der Waals surface area contributed by atoms with Crippen LogP contribution in [0.3, 0.4) is 0 Å². The van der Waals surface area contributed by atoms with Crippen molar-refractivity contribution in [2.75, 3.05) is 0 Å². The maximum absolute atomic E-state index is 11.1. The molecule has 0 amide bonds. The maximum Gasteiger partial charge on any atom is 0.336 e. The lowest BCUT2D eigenvalue weighted by Crippen LogP contribution is -2.05. The Morgan fingerprint density at radius 1 is 1.26 bits per heavy atom. The van der Waals surface area contributed by atoms with Crippen LogP contribution in [0.15, 0.2) is 42.5 Å². The zero-order chi connectivity index (χ0) is 13.8. The third-order valence-electron chi connectivity index (χ3n) is 2.72. The highest BCUT2D eigenvalue weighted by molar-refractivity contribution is 6.32. The fraction of sp³-hybridized carbons (Fsp3) is 0.133. The predicted octanol–water partition coefficient (Wildman–Crippen LogP) is 3.93. The van der Waals surface area contributed by atoms with Crippen LogP contribution < -0.4 is 4.74 Å². The molecule has 19 heavy (non-hydrogen) atoms. The van der Waals surface area contributed by atoms with Crippen molar-refractivity contribution in [3.8, 4) is 5.75 Å².